The molecule has 0 radical (unpaired) electrons. The Balaban J connectivity index is 1.44. The van der Waals surface area contributed by atoms with Gasteiger partial charge in [-0.15, -0.1) is 5.06 Å². The fraction of sp³-hybridized carbons (Fsp3) is 0.240. The maximum atomic E-state index is 12.5. The molecule has 0 spiro atoms. The molecular weight excluding hydrogens is 438 g/mol. The monoisotopic (exact) mass is 463 g/mol. The largest absolute Gasteiger partial charge is 0.497 e. The summed E-state index contributed by atoms with van der Waals surface area (Å²) in [7, 11) is 1.60. The van der Waals surface area contributed by atoms with Gasteiger partial charge in [0.25, 0.3) is 5.91 Å². The lowest BCUT2D eigenvalue weighted by molar-refractivity contribution is -0.114. The quantitative estimate of drug-likeness (QED) is 0.443. The molecule has 2 aromatic rings. The van der Waals surface area contributed by atoms with E-state index in [1.807, 2.05) is 25.1 Å². The summed E-state index contributed by atoms with van der Waals surface area (Å²) in [5, 5.41) is 9.58. The number of hydrogen-bond donors (Lipinski definition) is 1. The molecule has 2 heterocycles. The standard InChI is InChI=1S/C25H25N3O6/c1-4-31-22-14-17(13-20-24(26)28-23(27-25(20)29)12-16(2)34-28)8-9-21(22)33-11-10-32-19-7-5-6-18(15-19)30-3/h5-9,12-15,26H,4,10-11H2,1-3H3/b20-13+,26-24?. The van der Waals surface area contributed by atoms with Crippen LogP contribution in [0.15, 0.2) is 64.9 Å². The molecule has 0 fully saturated rings. The summed E-state index contributed by atoms with van der Waals surface area (Å²) in [4.78, 5) is 21.9. The Morgan fingerprint density at radius 1 is 1.06 bits per heavy atom. The van der Waals surface area contributed by atoms with Crippen LogP contribution in [0.2, 0.25) is 0 Å². The second-order valence-electron chi connectivity index (χ2n) is 7.34. The van der Waals surface area contributed by atoms with E-state index in [0.717, 1.165) is 5.75 Å². The Labute approximate surface area is 197 Å². The van der Waals surface area contributed by atoms with Crippen LogP contribution in [0, 0.1) is 5.41 Å². The number of nitrogens with one attached hydrogen (secondary N) is 1. The highest BCUT2D eigenvalue weighted by atomic mass is 16.7. The molecule has 0 aromatic heterocycles. The van der Waals surface area contributed by atoms with E-state index >= 15 is 0 Å². The van der Waals surface area contributed by atoms with Crippen LogP contribution in [-0.2, 0) is 9.63 Å². The van der Waals surface area contributed by atoms with Gasteiger partial charge in [0, 0.05) is 12.1 Å². The lowest BCUT2D eigenvalue weighted by Crippen LogP contribution is -2.38. The number of ether oxygens (including phenoxy) is 4. The molecule has 0 saturated carbocycles. The van der Waals surface area contributed by atoms with Gasteiger partial charge in [-0.2, -0.15) is 4.99 Å². The molecule has 0 atom stereocenters. The third-order valence-electron chi connectivity index (χ3n) is 4.91. The first-order valence-electron chi connectivity index (χ1n) is 10.7. The Morgan fingerprint density at radius 2 is 1.85 bits per heavy atom. The van der Waals surface area contributed by atoms with Gasteiger partial charge in [-0.1, -0.05) is 12.1 Å². The molecule has 34 heavy (non-hydrogen) atoms. The van der Waals surface area contributed by atoms with E-state index in [9.17, 15) is 4.79 Å². The van der Waals surface area contributed by atoms with Crippen LogP contribution in [0.25, 0.3) is 6.08 Å². The normalized spacial score (nSPS) is 16.0. The second kappa shape index (κ2) is 10.1. The number of benzene rings is 2. The topological polar surface area (TPSA) is 103 Å². The number of aliphatic imine (C=N–C) groups is 1. The van der Waals surface area contributed by atoms with Crippen molar-refractivity contribution < 1.29 is 28.6 Å². The van der Waals surface area contributed by atoms with Crippen LogP contribution < -0.4 is 18.9 Å². The summed E-state index contributed by atoms with van der Waals surface area (Å²) in [6, 6.07) is 12.6. The number of hydroxylamine groups is 2. The molecular formula is C25H25N3O6. The van der Waals surface area contributed by atoms with Crippen LogP contribution in [-0.4, -0.2) is 49.6 Å². The maximum absolute atomic E-state index is 12.5. The van der Waals surface area contributed by atoms with E-state index in [-0.39, 0.29) is 11.4 Å². The van der Waals surface area contributed by atoms with Gasteiger partial charge in [-0.05, 0) is 49.8 Å². The van der Waals surface area contributed by atoms with Crippen LogP contribution in [0.1, 0.15) is 19.4 Å². The van der Waals surface area contributed by atoms with E-state index in [4.69, 9.17) is 29.2 Å². The molecule has 0 unspecified atom stereocenters. The fourth-order valence-electron chi connectivity index (χ4n) is 3.37. The summed E-state index contributed by atoms with van der Waals surface area (Å²) in [5.41, 5.74) is 0.786. The van der Waals surface area contributed by atoms with Crippen molar-refractivity contribution in [2.45, 2.75) is 13.8 Å². The van der Waals surface area contributed by atoms with E-state index in [1.54, 1.807) is 50.5 Å². The number of carbonyl (C=O) groups is 1. The van der Waals surface area contributed by atoms with Gasteiger partial charge >= 0.3 is 0 Å². The van der Waals surface area contributed by atoms with Crippen molar-refractivity contribution in [3.05, 3.63) is 65.4 Å². The first-order valence-corrected chi connectivity index (χ1v) is 10.7. The summed E-state index contributed by atoms with van der Waals surface area (Å²) in [6.07, 6.45) is 3.20. The number of fused-ring (bicyclic) bond motifs is 1. The van der Waals surface area contributed by atoms with Gasteiger partial charge in [-0.3, -0.25) is 10.2 Å². The van der Waals surface area contributed by atoms with Crippen LogP contribution in [0.3, 0.4) is 0 Å². The zero-order valence-corrected chi connectivity index (χ0v) is 19.2. The highest BCUT2D eigenvalue weighted by molar-refractivity contribution is 6.32. The molecule has 0 bridgehead atoms. The minimum atomic E-state index is -0.501. The van der Waals surface area contributed by atoms with Crippen molar-refractivity contribution in [3.63, 3.8) is 0 Å². The van der Waals surface area contributed by atoms with Gasteiger partial charge in [0.15, 0.2) is 23.2 Å². The lowest BCUT2D eigenvalue weighted by atomic mass is 10.1. The molecule has 2 aliphatic rings. The maximum Gasteiger partial charge on any atom is 0.282 e. The van der Waals surface area contributed by atoms with Gasteiger partial charge in [0.05, 0.1) is 19.3 Å². The molecule has 0 saturated heterocycles. The molecule has 1 amide bonds. The third kappa shape index (κ3) is 5.03. The highest BCUT2D eigenvalue weighted by Gasteiger charge is 2.34. The number of methoxy groups -OCH3 is 1. The number of rotatable bonds is 9. The molecule has 0 aliphatic carbocycles. The smallest absolute Gasteiger partial charge is 0.282 e. The molecule has 2 aromatic carbocycles. The molecule has 2 aliphatic heterocycles. The number of amides is 1. The molecule has 176 valence electrons. The van der Waals surface area contributed by atoms with E-state index < -0.39 is 5.91 Å². The number of nitrogens with zero attached hydrogens (tertiary/aromatic N) is 2. The lowest BCUT2D eigenvalue weighted by Gasteiger charge is -2.23. The average Bonchev–Trinajstić information content (AvgIpc) is 3.21. The number of hydrogen-bond acceptors (Lipinski definition) is 7. The first-order chi connectivity index (χ1) is 16.5. The van der Waals surface area contributed by atoms with Gasteiger partial charge < -0.3 is 23.8 Å². The predicted molar refractivity (Wildman–Crippen MR) is 126 cm³/mol. The van der Waals surface area contributed by atoms with E-state index in [0.29, 0.717) is 54.2 Å². The van der Waals surface area contributed by atoms with Crippen molar-refractivity contribution in [2.24, 2.45) is 4.99 Å². The highest BCUT2D eigenvalue weighted by Crippen LogP contribution is 2.31. The zero-order chi connectivity index (χ0) is 24.1. The summed E-state index contributed by atoms with van der Waals surface area (Å²) in [5.74, 6) is 2.77. The Kier molecular flexibility index (Phi) is 6.82. The SMILES string of the molecule is CCOc1cc(/C=C2\C(=N)N3OC(C)=CC3=NC2=O)ccc1OCCOc1cccc(OC)c1. The fourth-order valence-corrected chi connectivity index (χ4v) is 3.37. The van der Waals surface area contributed by atoms with Gasteiger partial charge in [0.1, 0.15) is 30.5 Å². The van der Waals surface area contributed by atoms with Crippen LogP contribution in [0.4, 0.5) is 0 Å². The van der Waals surface area contributed by atoms with Gasteiger partial charge in [-0.25, -0.2) is 0 Å². The van der Waals surface area contributed by atoms with E-state index in [2.05, 4.69) is 4.99 Å². The van der Waals surface area contributed by atoms with Crippen molar-refractivity contribution in [2.75, 3.05) is 26.9 Å². The van der Waals surface area contributed by atoms with Gasteiger partial charge in [0.2, 0.25) is 0 Å². The summed E-state index contributed by atoms with van der Waals surface area (Å²) >= 11 is 0. The van der Waals surface area contributed by atoms with Crippen LogP contribution >= 0.6 is 0 Å². The molecule has 9 nitrogen and oxygen atoms in total. The van der Waals surface area contributed by atoms with Crippen molar-refractivity contribution in [3.8, 4) is 23.0 Å². The first kappa shape index (κ1) is 22.9. The number of allylic oxidation sites excluding steroid dienone is 1. The Bertz CT molecular complexity index is 1200. The summed E-state index contributed by atoms with van der Waals surface area (Å²) < 4.78 is 22.5. The zero-order valence-electron chi connectivity index (χ0n) is 19.2. The molecule has 1 N–H and O–H groups in total. The third-order valence-corrected chi connectivity index (χ3v) is 4.91. The predicted octanol–water partition coefficient (Wildman–Crippen LogP) is 4.00. The minimum Gasteiger partial charge on any atom is -0.497 e. The van der Waals surface area contributed by atoms with Crippen LogP contribution in [0.5, 0.6) is 23.0 Å². The van der Waals surface area contributed by atoms with Crippen molar-refractivity contribution in [1.29, 1.82) is 5.41 Å². The van der Waals surface area contributed by atoms with Crippen molar-refractivity contribution in [1.82, 2.24) is 5.06 Å². The molecule has 4 rings (SSSR count). The van der Waals surface area contributed by atoms with E-state index in [1.165, 1.54) is 5.06 Å². The minimum absolute atomic E-state index is 0.0731. The Hall–Kier alpha value is -4.27. The number of carbonyl (C=O) groups excluding carboxylic acids is 1. The average molecular weight is 463 g/mol. The van der Waals surface area contributed by atoms with Crippen molar-refractivity contribution >= 4 is 23.7 Å². The summed E-state index contributed by atoms with van der Waals surface area (Å²) in [6.45, 7) is 4.68. The molecule has 9 heteroatoms. The number of amidine groups is 2. The Morgan fingerprint density at radius 3 is 2.65 bits per heavy atom. The second-order valence-corrected chi connectivity index (χ2v) is 7.34.